The molecule has 128 valence electrons. The van der Waals surface area contributed by atoms with E-state index in [9.17, 15) is 4.79 Å². The van der Waals surface area contributed by atoms with Gasteiger partial charge in [-0.25, -0.2) is 0 Å². The molecule has 2 atom stereocenters. The topological polar surface area (TPSA) is 54.3 Å². The van der Waals surface area contributed by atoms with Gasteiger partial charge in [-0.1, -0.05) is 60.7 Å². The highest BCUT2D eigenvalue weighted by Crippen LogP contribution is 2.22. The van der Waals surface area contributed by atoms with Gasteiger partial charge in [-0.15, -0.1) is 0 Å². The number of carbonyl (C=O) groups is 1. The Morgan fingerprint density at radius 1 is 0.960 bits per heavy atom. The average Bonchev–Trinajstić information content (AvgIpc) is 3.20. The number of nitrogens with one attached hydrogen (secondary N) is 2. The summed E-state index contributed by atoms with van der Waals surface area (Å²) in [5.41, 5.74) is 2.13. The number of amides is 1. The molecule has 1 heterocycles. The van der Waals surface area contributed by atoms with E-state index in [2.05, 4.69) is 10.6 Å². The summed E-state index contributed by atoms with van der Waals surface area (Å²) in [5.74, 6) is 0.741. The maximum Gasteiger partial charge on any atom is 0.237 e. The summed E-state index contributed by atoms with van der Waals surface area (Å²) in [4.78, 5) is 12.4. The van der Waals surface area contributed by atoms with Gasteiger partial charge in [-0.2, -0.15) is 0 Å². The summed E-state index contributed by atoms with van der Waals surface area (Å²) in [6, 6.07) is 23.1. The van der Waals surface area contributed by atoms with Crippen LogP contribution in [-0.4, -0.2) is 11.9 Å². The first kappa shape index (κ1) is 17.0. The minimum absolute atomic E-state index is 0.0451. The first-order chi connectivity index (χ1) is 12.2. The van der Waals surface area contributed by atoms with Crippen molar-refractivity contribution < 1.29 is 9.21 Å². The van der Waals surface area contributed by atoms with Crippen molar-refractivity contribution in [3.8, 4) is 0 Å². The van der Waals surface area contributed by atoms with Crippen molar-refractivity contribution in [3.05, 3.63) is 95.9 Å². The van der Waals surface area contributed by atoms with Gasteiger partial charge < -0.3 is 9.73 Å². The van der Waals surface area contributed by atoms with Crippen LogP contribution in [0, 0.1) is 0 Å². The van der Waals surface area contributed by atoms with Gasteiger partial charge >= 0.3 is 0 Å². The third kappa shape index (κ3) is 4.58. The van der Waals surface area contributed by atoms with E-state index in [1.165, 1.54) is 0 Å². The van der Waals surface area contributed by atoms with Crippen molar-refractivity contribution in [2.24, 2.45) is 0 Å². The summed E-state index contributed by atoms with van der Waals surface area (Å²) < 4.78 is 5.57. The molecule has 2 aromatic carbocycles. The van der Waals surface area contributed by atoms with Crippen LogP contribution in [0.25, 0.3) is 0 Å². The Morgan fingerprint density at radius 2 is 1.64 bits per heavy atom. The number of furan rings is 1. The second kappa shape index (κ2) is 8.31. The number of hydrogen-bond acceptors (Lipinski definition) is 3. The van der Waals surface area contributed by atoms with Gasteiger partial charge in [0.05, 0.1) is 18.3 Å². The first-order valence-corrected chi connectivity index (χ1v) is 8.40. The molecular formula is C21H22N2O2. The number of rotatable bonds is 7. The van der Waals surface area contributed by atoms with E-state index < -0.39 is 0 Å². The molecule has 0 aliphatic heterocycles. The van der Waals surface area contributed by atoms with Gasteiger partial charge in [0, 0.05) is 6.54 Å². The lowest BCUT2D eigenvalue weighted by Gasteiger charge is -2.22. The molecule has 0 saturated carbocycles. The Balaban J connectivity index is 1.66. The zero-order chi connectivity index (χ0) is 17.5. The molecule has 0 saturated heterocycles. The van der Waals surface area contributed by atoms with Gasteiger partial charge in [0.1, 0.15) is 5.76 Å². The zero-order valence-corrected chi connectivity index (χ0v) is 14.2. The van der Waals surface area contributed by atoms with E-state index in [1.807, 2.05) is 79.7 Å². The molecule has 0 radical (unpaired) electrons. The Bertz CT molecular complexity index is 770. The molecule has 0 bridgehead atoms. The maximum atomic E-state index is 12.4. The van der Waals surface area contributed by atoms with Gasteiger partial charge in [-0.3, -0.25) is 10.1 Å². The second-order valence-electron chi connectivity index (χ2n) is 5.95. The minimum Gasteiger partial charge on any atom is -0.467 e. The van der Waals surface area contributed by atoms with E-state index in [0.717, 1.165) is 16.9 Å². The van der Waals surface area contributed by atoms with Crippen molar-refractivity contribution >= 4 is 5.91 Å². The second-order valence-corrected chi connectivity index (χ2v) is 5.95. The fraction of sp³-hybridized carbons (Fsp3) is 0.190. The van der Waals surface area contributed by atoms with Crippen LogP contribution in [0.4, 0.5) is 0 Å². The average molecular weight is 334 g/mol. The van der Waals surface area contributed by atoms with Gasteiger partial charge in [0.2, 0.25) is 5.91 Å². The molecule has 2 N–H and O–H groups in total. The lowest BCUT2D eigenvalue weighted by atomic mass is 10.0. The van der Waals surface area contributed by atoms with Crippen molar-refractivity contribution in [1.29, 1.82) is 0 Å². The third-order valence-corrected chi connectivity index (χ3v) is 4.08. The van der Waals surface area contributed by atoms with Crippen molar-refractivity contribution in [2.75, 3.05) is 0 Å². The maximum absolute atomic E-state index is 12.4. The Kier molecular flexibility index (Phi) is 5.65. The van der Waals surface area contributed by atoms with Crippen LogP contribution in [0.3, 0.4) is 0 Å². The zero-order valence-electron chi connectivity index (χ0n) is 14.2. The quantitative estimate of drug-likeness (QED) is 0.693. The molecule has 3 aromatic rings. The highest BCUT2D eigenvalue weighted by atomic mass is 16.3. The minimum atomic E-state index is -0.362. The van der Waals surface area contributed by atoms with Gasteiger partial charge in [0.15, 0.2) is 0 Å². The fourth-order valence-corrected chi connectivity index (χ4v) is 2.71. The lowest BCUT2D eigenvalue weighted by Crippen LogP contribution is -2.43. The van der Waals surface area contributed by atoms with E-state index in [4.69, 9.17) is 4.42 Å². The Morgan fingerprint density at radius 3 is 2.28 bits per heavy atom. The summed E-state index contributed by atoms with van der Waals surface area (Å²) in [7, 11) is 0. The van der Waals surface area contributed by atoms with Crippen molar-refractivity contribution in [3.63, 3.8) is 0 Å². The third-order valence-electron chi connectivity index (χ3n) is 4.08. The number of benzene rings is 2. The largest absolute Gasteiger partial charge is 0.467 e. The fourth-order valence-electron chi connectivity index (χ4n) is 2.71. The van der Waals surface area contributed by atoms with Crippen LogP contribution in [-0.2, 0) is 11.3 Å². The summed E-state index contributed by atoms with van der Waals surface area (Å²) in [6.45, 7) is 2.38. The Labute approximate surface area is 147 Å². The van der Waals surface area contributed by atoms with Crippen molar-refractivity contribution in [1.82, 2.24) is 10.6 Å². The van der Waals surface area contributed by atoms with Crippen LogP contribution >= 0.6 is 0 Å². The van der Waals surface area contributed by atoms with E-state index >= 15 is 0 Å². The lowest BCUT2D eigenvalue weighted by molar-refractivity contribution is -0.123. The number of carbonyl (C=O) groups excluding carboxylic acids is 1. The standard InChI is InChI=1S/C21H22N2O2/c1-16(21(24)22-15-17-9-4-2-5-10-17)23-20(19-13-8-14-25-19)18-11-6-3-7-12-18/h2-14,16,20,23H,15H2,1H3,(H,22,24)/t16-,20+/m0/s1. The first-order valence-electron chi connectivity index (χ1n) is 8.40. The smallest absolute Gasteiger partial charge is 0.237 e. The summed E-state index contributed by atoms with van der Waals surface area (Å²) >= 11 is 0. The molecule has 0 aliphatic carbocycles. The molecule has 1 amide bonds. The van der Waals surface area contributed by atoms with Crippen LogP contribution in [0.5, 0.6) is 0 Å². The van der Waals surface area contributed by atoms with Crippen molar-refractivity contribution in [2.45, 2.75) is 25.6 Å². The van der Waals surface area contributed by atoms with E-state index in [-0.39, 0.29) is 18.0 Å². The molecule has 0 unspecified atom stereocenters. The number of hydrogen-bond donors (Lipinski definition) is 2. The van der Waals surface area contributed by atoms with Crippen LogP contribution < -0.4 is 10.6 Å². The monoisotopic (exact) mass is 334 g/mol. The molecule has 0 fully saturated rings. The van der Waals surface area contributed by atoms with Gasteiger partial charge in [-0.05, 0) is 30.2 Å². The molecule has 0 spiro atoms. The molecule has 4 heteroatoms. The predicted octanol–water partition coefficient (Wildman–Crippen LogP) is 3.66. The molecule has 0 aliphatic rings. The predicted molar refractivity (Wildman–Crippen MR) is 97.9 cm³/mol. The van der Waals surface area contributed by atoms with Crippen LogP contribution in [0.2, 0.25) is 0 Å². The molecule has 3 rings (SSSR count). The molecule has 1 aromatic heterocycles. The Hall–Kier alpha value is -2.85. The van der Waals surface area contributed by atoms with E-state index in [1.54, 1.807) is 6.26 Å². The molecule has 25 heavy (non-hydrogen) atoms. The van der Waals surface area contributed by atoms with Gasteiger partial charge in [0.25, 0.3) is 0 Å². The summed E-state index contributed by atoms with van der Waals surface area (Å²) in [6.07, 6.45) is 1.65. The SMILES string of the molecule is C[C@H](N[C@H](c1ccccc1)c1ccco1)C(=O)NCc1ccccc1. The summed E-state index contributed by atoms with van der Waals surface area (Å²) in [5, 5.41) is 6.33. The highest BCUT2D eigenvalue weighted by molar-refractivity contribution is 5.81. The van der Waals surface area contributed by atoms with Crippen LogP contribution in [0.15, 0.2) is 83.5 Å². The normalized spacial score (nSPS) is 13.2. The van der Waals surface area contributed by atoms with E-state index in [0.29, 0.717) is 6.54 Å². The molecular weight excluding hydrogens is 312 g/mol. The molecule has 4 nitrogen and oxygen atoms in total. The van der Waals surface area contributed by atoms with Crippen LogP contribution in [0.1, 0.15) is 29.9 Å². The highest BCUT2D eigenvalue weighted by Gasteiger charge is 2.22.